The molecule has 1 atom stereocenters. The van der Waals surface area contributed by atoms with Gasteiger partial charge in [0.15, 0.2) is 0 Å². The molecule has 1 aromatic rings. The molecule has 1 aliphatic carbocycles. The van der Waals surface area contributed by atoms with Gasteiger partial charge in [-0.25, -0.2) is 9.18 Å². The number of piperidine rings is 1. The zero-order valence-corrected chi connectivity index (χ0v) is 20.9. The smallest absolute Gasteiger partial charge is 0.404 e. The number of rotatable bonds is 6. The van der Waals surface area contributed by atoms with Gasteiger partial charge in [0.25, 0.3) is 5.91 Å². The molecule has 0 aromatic heterocycles. The first-order valence-corrected chi connectivity index (χ1v) is 13.2. The van der Waals surface area contributed by atoms with Crippen molar-refractivity contribution in [2.45, 2.75) is 51.1 Å². The average Bonchev–Trinajstić information content (AvgIpc) is 3.19. The lowest BCUT2D eigenvalue weighted by Crippen LogP contribution is -2.52. The van der Waals surface area contributed by atoms with Crippen LogP contribution in [-0.4, -0.2) is 84.0 Å². The van der Waals surface area contributed by atoms with Crippen LogP contribution in [0.15, 0.2) is 12.1 Å². The SMILES string of the molecule is O=C(O)NCC1CCC(CN2CCN(c3cc(F)cc4c3CN(C3CCC(=O)NC3=O)C4=O)CC2)CC1. The maximum absolute atomic E-state index is 14.6. The minimum absolute atomic E-state index is 0.181. The highest BCUT2D eigenvalue weighted by atomic mass is 19.1. The van der Waals surface area contributed by atoms with Crippen LogP contribution in [0.3, 0.4) is 0 Å². The van der Waals surface area contributed by atoms with Crippen LogP contribution >= 0.6 is 0 Å². The number of halogens is 1. The fourth-order valence-corrected chi connectivity index (χ4v) is 6.28. The molecule has 0 spiro atoms. The maximum atomic E-state index is 14.6. The second-order valence-electron chi connectivity index (χ2n) is 10.7. The third-order valence-corrected chi connectivity index (χ3v) is 8.33. The molecule has 4 amide bonds. The third kappa shape index (κ3) is 5.56. The lowest BCUT2D eigenvalue weighted by molar-refractivity contribution is -0.136. The van der Waals surface area contributed by atoms with Crippen molar-refractivity contribution in [3.05, 3.63) is 29.1 Å². The summed E-state index contributed by atoms with van der Waals surface area (Å²) in [7, 11) is 0. The quantitative estimate of drug-likeness (QED) is 0.494. The Morgan fingerprint density at radius 3 is 2.41 bits per heavy atom. The fourth-order valence-electron chi connectivity index (χ4n) is 6.28. The number of anilines is 1. The lowest BCUT2D eigenvalue weighted by Gasteiger charge is -2.39. The normalized spacial score (nSPS) is 26.7. The zero-order valence-electron chi connectivity index (χ0n) is 20.9. The summed E-state index contributed by atoms with van der Waals surface area (Å²) < 4.78 is 14.6. The number of carbonyl (C=O) groups excluding carboxylic acids is 3. The second-order valence-corrected chi connectivity index (χ2v) is 10.7. The summed E-state index contributed by atoms with van der Waals surface area (Å²) in [5.74, 6) is -0.618. The number of imide groups is 1. The summed E-state index contributed by atoms with van der Waals surface area (Å²) in [6.45, 7) is 4.91. The first kappa shape index (κ1) is 25.4. The monoisotopic (exact) mass is 515 g/mol. The van der Waals surface area contributed by atoms with Gasteiger partial charge in [0.1, 0.15) is 11.9 Å². The van der Waals surface area contributed by atoms with E-state index in [0.717, 1.165) is 64.0 Å². The molecule has 0 radical (unpaired) electrons. The predicted molar refractivity (Wildman–Crippen MR) is 133 cm³/mol. The molecule has 200 valence electrons. The van der Waals surface area contributed by atoms with Gasteiger partial charge in [0.2, 0.25) is 11.8 Å². The molecule has 4 aliphatic rings. The molecule has 5 rings (SSSR count). The summed E-state index contributed by atoms with van der Waals surface area (Å²) in [6, 6.07) is 2.02. The van der Waals surface area contributed by atoms with Gasteiger partial charge in [-0.2, -0.15) is 0 Å². The van der Waals surface area contributed by atoms with Crippen molar-refractivity contribution in [2.24, 2.45) is 11.8 Å². The Hall–Kier alpha value is -3.21. The number of hydrogen-bond donors (Lipinski definition) is 3. The van der Waals surface area contributed by atoms with E-state index in [0.29, 0.717) is 29.6 Å². The summed E-state index contributed by atoms with van der Waals surface area (Å²) in [5, 5.41) is 13.6. The van der Waals surface area contributed by atoms with Crippen LogP contribution in [0.1, 0.15) is 54.4 Å². The average molecular weight is 516 g/mol. The molecule has 1 aromatic carbocycles. The molecule has 3 aliphatic heterocycles. The van der Waals surface area contributed by atoms with Crippen molar-refractivity contribution in [2.75, 3.05) is 44.2 Å². The summed E-state index contributed by atoms with van der Waals surface area (Å²) in [5.41, 5.74) is 1.76. The molecule has 3 heterocycles. The number of fused-ring (bicyclic) bond motifs is 1. The van der Waals surface area contributed by atoms with Crippen LogP contribution in [0.25, 0.3) is 0 Å². The van der Waals surface area contributed by atoms with Gasteiger partial charge < -0.3 is 20.2 Å². The van der Waals surface area contributed by atoms with Crippen LogP contribution < -0.4 is 15.5 Å². The summed E-state index contributed by atoms with van der Waals surface area (Å²) >= 11 is 0. The Balaban J connectivity index is 1.18. The molecule has 2 saturated heterocycles. The van der Waals surface area contributed by atoms with Crippen LogP contribution in [-0.2, 0) is 16.1 Å². The highest BCUT2D eigenvalue weighted by molar-refractivity contribution is 6.06. The molecule has 1 saturated carbocycles. The van der Waals surface area contributed by atoms with E-state index in [2.05, 4.69) is 20.4 Å². The van der Waals surface area contributed by atoms with E-state index in [4.69, 9.17) is 5.11 Å². The molecule has 10 nitrogen and oxygen atoms in total. The Morgan fingerprint density at radius 1 is 1.03 bits per heavy atom. The summed E-state index contributed by atoms with van der Waals surface area (Å²) in [6.07, 6.45) is 3.77. The van der Waals surface area contributed by atoms with Crippen LogP contribution in [0.2, 0.25) is 0 Å². The van der Waals surface area contributed by atoms with E-state index >= 15 is 0 Å². The number of nitrogens with zero attached hydrogens (tertiary/aromatic N) is 3. The first-order chi connectivity index (χ1) is 17.8. The number of amides is 4. The van der Waals surface area contributed by atoms with E-state index in [1.807, 2.05) is 0 Å². The number of piperazine rings is 1. The third-order valence-electron chi connectivity index (χ3n) is 8.33. The Labute approximate surface area is 215 Å². The standard InChI is InChI=1S/C26H34FN5O5/c27-18-11-19-20(15-32(25(19)35)21-5-6-23(33)29-24(21)34)22(12-18)31-9-7-30(8-10-31)14-17-3-1-16(2-4-17)13-28-26(36)37/h11-12,16-17,21,28H,1-10,13-15H2,(H,36,37)(H,29,33,34). The number of carboxylic acid groups (broad SMARTS) is 1. The number of carbonyl (C=O) groups is 4. The van der Waals surface area contributed by atoms with Crippen molar-refractivity contribution < 1.29 is 28.7 Å². The van der Waals surface area contributed by atoms with E-state index in [-0.39, 0.29) is 31.2 Å². The van der Waals surface area contributed by atoms with Gasteiger partial charge in [-0.1, -0.05) is 0 Å². The highest BCUT2D eigenvalue weighted by Gasteiger charge is 2.41. The maximum Gasteiger partial charge on any atom is 0.404 e. The van der Waals surface area contributed by atoms with Crippen molar-refractivity contribution in [3.8, 4) is 0 Å². The van der Waals surface area contributed by atoms with Crippen molar-refractivity contribution in [1.29, 1.82) is 0 Å². The molecular weight excluding hydrogens is 481 g/mol. The van der Waals surface area contributed by atoms with Crippen molar-refractivity contribution in [1.82, 2.24) is 20.4 Å². The zero-order chi connectivity index (χ0) is 26.1. The van der Waals surface area contributed by atoms with Gasteiger partial charge >= 0.3 is 6.09 Å². The van der Waals surface area contributed by atoms with Crippen LogP contribution in [0.4, 0.5) is 14.9 Å². The number of hydrogen-bond acceptors (Lipinski definition) is 6. The minimum Gasteiger partial charge on any atom is -0.465 e. The highest BCUT2D eigenvalue weighted by Crippen LogP contribution is 2.36. The molecule has 0 bridgehead atoms. The lowest BCUT2D eigenvalue weighted by atomic mass is 9.81. The molecule has 1 unspecified atom stereocenters. The van der Waals surface area contributed by atoms with Gasteiger partial charge in [0.05, 0.1) is 0 Å². The predicted octanol–water partition coefficient (Wildman–Crippen LogP) is 1.78. The largest absolute Gasteiger partial charge is 0.465 e. The Bertz CT molecular complexity index is 1080. The number of nitrogens with one attached hydrogen (secondary N) is 2. The molecule has 3 N–H and O–H groups in total. The van der Waals surface area contributed by atoms with Gasteiger partial charge in [-0.15, -0.1) is 0 Å². The van der Waals surface area contributed by atoms with Crippen LogP contribution in [0, 0.1) is 17.7 Å². The minimum atomic E-state index is -0.961. The van der Waals surface area contributed by atoms with Gasteiger partial charge in [-0.05, 0) is 56.1 Å². The van der Waals surface area contributed by atoms with Crippen molar-refractivity contribution in [3.63, 3.8) is 0 Å². The Morgan fingerprint density at radius 2 is 1.73 bits per heavy atom. The fraction of sp³-hybridized carbons (Fsp3) is 0.615. The van der Waals surface area contributed by atoms with Gasteiger partial charge in [-0.3, -0.25) is 24.6 Å². The number of benzene rings is 1. The molecule has 11 heteroatoms. The molecule has 37 heavy (non-hydrogen) atoms. The first-order valence-electron chi connectivity index (χ1n) is 13.2. The summed E-state index contributed by atoms with van der Waals surface area (Å²) in [4.78, 5) is 53.8. The van der Waals surface area contributed by atoms with E-state index in [1.54, 1.807) is 0 Å². The topological polar surface area (TPSA) is 122 Å². The molecular formula is C26H34FN5O5. The van der Waals surface area contributed by atoms with E-state index in [1.165, 1.54) is 17.0 Å². The van der Waals surface area contributed by atoms with E-state index < -0.39 is 23.9 Å². The van der Waals surface area contributed by atoms with Crippen molar-refractivity contribution >= 4 is 29.5 Å². The molecule has 3 fully saturated rings. The van der Waals surface area contributed by atoms with E-state index in [9.17, 15) is 23.6 Å². The Kier molecular flexibility index (Phi) is 7.32. The van der Waals surface area contributed by atoms with Gasteiger partial charge in [0, 0.05) is 69.0 Å². The van der Waals surface area contributed by atoms with Crippen LogP contribution in [0.5, 0.6) is 0 Å². The second kappa shape index (κ2) is 10.6.